The molecule has 0 aromatic heterocycles. The van der Waals surface area contributed by atoms with Gasteiger partial charge in [0.1, 0.15) is 0 Å². The van der Waals surface area contributed by atoms with Crippen LogP contribution in [0.15, 0.2) is 18.2 Å². The Hall–Kier alpha value is -0.960. The first-order valence-corrected chi connectivity index (χ1v) is 7.97. The van der Waals surface area contributed by atoms with Crippen LogP contribution in [-0.4, -0.2) is 12.1 Å². The molecule has 3 atom stereocenters. The van der Waals surface area contributed by atoms with Crippen molar-refractivity contribution in [1.29, 1.82) is 0 Å². The van der Waals surface area contributed by atoms with E-state index in [4.69, 9.17) is 0 Å². The molecule has 1 nitrogen and oxygen atoms in total. The Bertz CT molecular complexity index is 479. The Balaban J connectivity index is 2.20. The van der Waals surface area contributed by atoms with Crippen molar-refractivity contribution >= 4 is 0 Å². The summed E-state index contributed by atoms with van der Waals surface area (Å²) in [6, 6.07) is 4.58. The van der Waals surface area contributed by atoms with Crippen molar-refractivity contribution in [2.75, 3.05) is 6.54 Å². The highest BCUT2D eigenvalue weighted by atomic mass is 19.2. The van der Waals surface area contributed by atoms with Gasteiger partial charge in [-0.15, -0.1) is 0 Å². The summed E-state index contributed by atoms with van der Waals surface area (Å²) in [5, 5.41) is 3.52. The molecule has 2 rings (SSSR count). The maximum atomic E-state index is 14.2. The highest BCUT2D eigenvalue weighted by molar-refractivity contribution is 5.24. The quantitative estimate of drug-likeness (QED) is 0.838. The molecule has 1 aliphatic rings. The summed E-state index contributed by atoms with van der Waals surface area (Å²) in [5.74, 6) is -0.329. The lowest BCUT2D eigenvalue weighted by atomic mass is 9.71. The molecule has 118 valence electrons. The predicted octanol–water partition coefficient (Wildman–Crippen LogP) is 4.87. The molecule has 1 saturated carbocycles. The molecule has 1 aromatic carbocycles. The number of hydrogen-bond donors (Lipinski definition) is 1. The van der Waals surface area contributed by atoms with Gasteiger partial charge in [-0.1, -0.05) is 25.5 Å². The van der Waals surface area contributed by atoms with Crippen molar-refractivity contribution in [3.63, 3.8) is 0 Å². The Kier molecular flexibility index (Phi) is 5.03. The van der Waals surface area contributed by atoms with Crippen molar-refractivity contribution < 1.29 is 8.78 Å². The van der Waals surface area contributed by atoms with Gasteiger partial charge in [-0.2, -0.15) is 0 Å². The monoisotopic (exact) mass is 295 g/mol. The average molecular weight is 295 g/mol. The van der Waals surface area contributed by atoms with Crippen LogP contribution in [0.4, 0.5) is 8.78 Å². The number of halogens is 2. The van der Waals surface area contributed by atoms with E-state index in [9.17, 15) is 8.78 Å². The standard InChI is InChI=1S/C18H27F2N/c1-12-8-9-13(11-21-18(2,3)4)15(10-12)14-6-5-7-16(19)17(14)20/h5-7,12-13,15,21H,8-11H2,1-4H3. The van der Waals surface area contributed by atoms with Crippen LogP contribution in [-0.2, 0) is 0 Å². The summed E-state index contributed by atoms with van der Waals surface area (Å²) in [5.41, 5.74) is 0.607. The first-order valence-electron chi connectivity index (χ1n) is 7.97. The van der Waals surface area contributed by atoms with Gasteiger partial charge in [-0.25, -0.2) is 8.78 Å². The molecule has 0 heterocycles. The van der Waals surface area contributed by atoms with Gasteiger partial charge in [0.05, 0.1) is 0 Å². The second-order valence-corrected chi connectivity index (χ2v) is 7.56. The molecule has 1 aromatic rings. The topological polar surface area (TPSA) is 12.0 Å². The van der Waals surface area contributed by atoms with Crippen LogP contribution >= 0.6 is 0 Å². The summed E-state index contributed by atoms with van der Waals surface area (Å²) in [6.45, 7) is 9.47. The fraction of sp³-hybridized carbons (Fsp3) is 0.667. The molecule has 21 heavy (non-hydrogen) atoms. The molecule has 1 fully saturated rings. The van der Waals surface area contributed by atoms with E-state index in [2.05, 4.69) is 33.0 Å². The molecule has 0 radical (unpaired) electrons. The van der Waals surface area contributed by atoms with E-state index in [1.54, 1.807) is 12.1 Å². The molecule has 0 aliphatic heterocycles. The first kappa shape index (κ1) is 16.4. The lowest BCUT2D eigenvalue weighted by molar-refractivity contribution is 0.222. The third kappa shape index (κ3) is 4.26. The minimum absolute atomic E-state index is 0.0497. The molecule has 0 amide bonds. The third-order valence-corrected chi connectivity index (χ3v) is 4.53. The number of hydrogen-bond acceptors (Lipinski definition) is 1. The van der Waals surface area contributed by atoms with Gasteiger partial charge in [0.15, 0.2) is 11.6 Å². The predicted molar refractivity (Wildman–Crippen MR) is 83.4 cm³/mol. The Morgan fingerprint density at radius 2 is 1.90 bits per heavy atom. The van der Waals surface area contributed by atoms with E-state index in [0.717, 1.165) is 19.4 Å². The van der Waals surface area contributed by atoms with Crippen molar-refractivity contribution in [1.82, 2.24) is 5.32 Å². The van der Waals surface area contributed by atoms with Gasteiger partial charge in [0, 0.05) is 5.54 Å². The van der Waals surface area contributed by atoms with E-state index in [1.165, 1.54) is 12.5 Å². The molecule has 1 N–H and O–H groups in total. The highest BCUT2D eigenvalue weighted by Gasteiger charge is 2.32. The maximum Gasteiger partial charge on any atom is 0.162 e. The summed E-state index contributed by atoms with van der Waals surface area (Å²) in [7, 11) is 0. The van der Waals surface area contributed by atoms with E-state index in [1.807, 2.05) is 0 Å². The van der Waals surface area contributed by atoms with Gasteiger partial charge >= 0.3 is 0 Å². The van der Waals surface area contributed by atoms with E-state index >= 15 is 0 Å². The van der Waals surface area contributed by atoms with Crippen LogP contribution in [0, 0.1) is 23.5 Å². The lowest BCUT2D eigenvalue weighted by Crippen LogP contribution is -2.41. The largest absolute Gasteiger partial charge is 0.312 e. The van der Waals surface area contributed by atoms with Gasteiger partial charge in [-0.05, 0) is 69.5 Å². The molecule has 3 heteroatoms. The lowest BCUT2D eigenvalue weighted by Gasteiger charge is -2.37. The van der Waals surface area contributed by atoms with E-state index in [0.29, 0.717) is 17.4 Å². The van der Waals surface area contributed by atoms with Crippen LogP contribution in [0.5, 0.6) is 0 Å². The fourth-order valence-corrected chi connectivity index (χ4v) is 3.31. The summed E-state index contributed by atoms with van der Waals surface area (Å²) in [4.78, 5) is 0. The van der Waals surface area contributed by atoms with E-state index < -0.39 is 11.6 Å². The van der Waals surface area contributed by atoms with Crippen LogP contribution in [0.2, 0.25) is 0 Å². The highest BCUT2D eigenvalue weighted by Crippen LogP contribution is 2.41. The van der Waals surface area contributed by atoms with Gasteiger partial charge in [0.25, 0.3) is 0 Å². The molecule has 0 spiro atoms. The van der Waals surface area contributed by atoms with Crippen molar-refractivity contribution in [3.8, 4) is 0 Å². The average Bonchev–Trinajstić information content (AvgIpc) is 2.39. The molecular formula is C18H27F2N. The summed E-state index contributed by atoms with van der Waals surface area (Å²) >= 11 is 0. The normalized spacial score (nSPS) is 26.9. The van der Waals surface area contributed by atoms with Crippen molar-refractivity contribution in [2.45, 2.75) is 58.4 Å². The molecular weight excluding hydrogens is 268 g/mol. The van der Waals surface area contributed by atoms with Gasteiger partial charge < -0.3 is 5.32 Å². The Morgan fingerprint density at radius 1 is 1.19 bits per heavy atom. The minimum atomic E-state index is -0.728. The van der Waals surface area contributed by atoms with Gasteiger partial charge in [0.2, 0.25) is 0 Å². The molecule has 1 aliphatic carbocycles. The van der Waals surface area contributed by atoms with Gasteiger partial charge in [-0.3, -0.25) is 0 Å². The Morgan fingerprint density at radius 3 is 2.57 bits per heavy atom. The van der Waals surface area contributed by atoms with Crippen LogP contribution in [0.25, 0.3) is 0 Å². The van der Waals surface area contributed by atoms with E-state index in [-0.39, 0.29) is 11.5 Å². The smallest absolute Gasteiger partial charge is 0.162 e. The Labute approximate surface area is 127 Å². The maximum absolute atomic E-state index is 14.2. The molecule has 0 saturated heterocycles. The van der Waals surface area contributed by atoms with Crippen molar-refractivity contribution in [3.05, 3.63) is 35.4 Å². The summed E-state index contributed by atoms with van der Waals surface area (Å²) < 4.78 is 27.7. The molecule has 3 unspecified atom stereocenters. The zero-order valence-electron chi connectivity index (χ0n) is 13.5. The number of rotatable bonds is 3. The molecule has 0 bridgehead atoms. The van der Waals surface area contributed by atoms with Crippen LogP contribution in [0.1, 0.15) is 58.4 Å². The zero-order chi connectivity index (χ0) is 15.6. The second-order valence-electron chi connectivity index (χ2n) is 7.56. The zero-order valence-corrected chi connectivity index (χ0v) is 13.5. The first-order chi connectivity index (χ1) is 9.78. The number of benzene rings is 1. The van der Waals surface area contributed by atoms with Crippen LogP contribution < -0.4 is 5.32 Å². The summed E-state index contributed by atoms with van der Waals surface area (Å²) in [6.07, 6.45) is 3.19. The van der Waals surface area contributed by atoms with Crippen molar-refractivity contribution in [2.24, 2.45) is 11.8 Å². The fourth-order valence-electron chi connectivity index (χ4n) is 3.31. The SMILES string of the molecule is CC1CCC(CNC(C)(C)C)C(c2cccc(F)c2F)C1. The minimum Gasteiger partial charge on any atom is -0.312 e. The third-order valence-electron chi connectivity index (χ3n) is 4.53. The second kappa shape index (κ2) is 6.43. The number of nitrogens with one attached hydrogen (secondary N) is 1. The van der Waals surface area contributed by atoms with Crippen LogP contribution in [0.3, 0.4) is 0 Å².